The molecule has 7 heteroatoms. The van der Waals surface area contributed by atoms with Crippen molar-refractivity contribution in [1.82, 2.24) is 19.8 Å². The van der Waals surface area contributed by atoms with Crippen molar-refractivity contribution >= 4 is 11.7 Å². The molecule has 2 heterocycles. The van der Waals surface area contributed by atoms with Gasteiger partial charge in [-0.1, -0.05) is 0 Å². The Labute approximate surface area is 118 Å². The zero-order valence-corrected chi connectivity index (χ0v) is 12.0. The quantitative estimate of drug-likeness (QED) is 0.760. The van der Waals surface area contributed by atoms with Crippen LogP contribution in [0, 0.1) is 0 Å². The zero-order valence-electron chi connectivity index (χ0n) is 12.0. The number of likely N-dealkylation sites (N-methyl/N-ethyl adjacent to an activating group) is 1. The van der Waals surface area contributed by atoms with Gasteiger partial charge in [0.15, 0.2) is 0 Å². The summed E-state index contributed by atoms with van der Waals surface area (Å²) in [5.74, 6) is 0.616. The standard InChI is InChI=1S/C13H21N5O2/c1-17-4-6-18(7-5-17)13(19)11-9-12(16-10-15-11)14-3-8-20-2/h9-10H,3-8H2,1-2H3,(H,14,15,16). The number of nitrogens with one attached hydrogen (secondary N) is 1. The van der Waals surface area contributed by atoms with Gasteiger partial charge < -0.3 is 19.9 Å². The molecule has 0 saturated carbocycles. The molecular weight excluding hydrogens is 258 g/mol. The molecule has 2 rings (SSSR count). The number of ether oxygens (including phenoxy) is 1. The van der Waals surface area contributed by atoms with Gasteiger partial charge in [0.1, 0.15) is 17.8 Å². The lowest BCUT2D eigenvalue weighted by atomic mass is 10.2. The maximum Gasteiger partial charge on any atom is 0.272 e. The predicted octanol–water partition coefficient (Wildman–Crippen LogP) is -0.0775. The van der Waals surface area contributed by atoms with Gasteiger partial charge in [-0.15, -0.1) is 0 Å². The molecule has 1 fully saturated rings. The van der Waals surface area contributed by atoms with Gasteiger partial charge in [-0.25, -0.2) is 9.97 Å². The predicted molar refractivity (Wildman–Crippen MR) is 75.8 cm³/mol. The van der Waals surface area contributed by atoms with Gasteiger partial charge in [-0.3, -0.25) is 4.79 Å². The Kier molecular flexibility index (Phi) is 5.25. The van der Waals surface area contributed by atoms with Crippen molar-refractivity contribution < 1.29 is 9.53 Å². The Bertz CT molecular complexity index is 446. The highest BCUT2D eigenvalue weighted by molar-refractivity contribution is 5.93. The lowest BCUT2D eigenvalue weighted by Crippen LogP contribution is -2.47. The van der Waals surface area contributed by atoms with Gasteiger partial charge in [-0.05, 0) is 7.05 Å². The first-order valence-corrected chi connectivity index (χ1v) is 6.73. The minimum atomic E-state index is -0.0321. The molecule has 1 aliphatic rings. The Hall–Kier alpha value is -1.73. The number of carbonyl (C=O) groups excluding carboxylic acids is 1. The average Bonchev–Trinajstić information content (AvgIpc) is 2.48. The third-order valence-corrected chi connectivity index (χ3v) is 3.29. The molecule has 0 radical (unpaired) electrons. The number of aromatic nitrogens is 2. The second kappa shape index (κ2) is 7.16. The molecule has 1 aromatic heterocycles. The van der Waals surface area contributed by atoms with E-state index < -0.39 is 0 Å². The highest BCUT2D eigenvalue weighted by Gasteiger charge is 2.21. The molecule has 1 aromatic rings. The summed E-state index contributed by atoms with van der Waals surface area (Å²) < 4.78 is 4.96. The monoisotopic (exact) mass is 279 g/mol. The molecule has 0 aliphatic carbocycles. The number of amides is 1. The third-order valence-electron chi connectivity index (χ3n) is 3.29. The van der Waals surface area contributed by atoms with E-state index in [-0.39, 0.29) is 5.91 Å². The first-order chi connectivity index (χ1) is 9.70. The number of methoxy groups -OCH3 is 1. The van der Waals surface area contributed by atoms with E-state index in [1.165, 1.54) is 6.33 Å². The third kappa shape index (κ3) is 3.88. The Morgan fingerprint density at radius 1 is 1.35 bits per heavy atom. The largest absolute Gasteiger partial charge is 0.383 e. The summed E-state index contributed by atoms with van der Waals surface area (Å²) in [6.07, 6.45) is 1.42. The fraction of sp³-hybridized carbons (Fsp3) is 0.615. The topological polar surface area (TPSA) is 70.6 Å². The summed E-state index contributed by atoms with van der Waals surface area (Å²) in [7, 11) is 3.70. The number of piperazine rings is 1. The summed E-state index contributed by atoms with van der Waals surface area (Å²) >= 11 is 0. The van der Waals surface area contributed by atoms with Crippen molar-refractivity contribution in [1.29, 1.82) is 0 Å². The van der Waals surface area contributed by atoms with E-state index in [1.807, 2.05) is 4.90 Å². The molecule has 0 bridgehead atoms. The summed E-state index contributed by atoms with van der Waals surface area (Å²) in [6, 6.07) is 1.69. The van der Waals surface area contributed by atoms with Crippen LogP contribution in [0.15, 0.2) is 12.4 Å². The number of carbonyl (C=O) groups is 1. The number of nitrogens with zero attached hydrogens (tertiary/aromatic N) is 4. The minimum absolute atomic E-state index is 0.0321. The van der Waals surface area contributed by atoms with Crippen LogP contribution in [-0.4, -0.2) is 79.2 Å². The van der Waals surface area contributed by atoms with E-state index in [9.17, 15) is 4.79 Å². The van der Waals surface area contributed by atoms with Crippen LogP contribution in [0.1, 0.15) is 10.5 Å². The van der Waals surface area contributed by atoms with Crippen LogP contribution in [0.5, 0.6) is 0 Å². The summed E-state index contributed by atoms with van der Waals surface area (Å²) in [5.41, 5.74) is 0.435. The van der Waals surface area contributed by atoms with Gasteiger partial charge in [0.05, 0.1) is 6.61 Å². The summed E-state index contributed by atoms with van der Waals surface area (Å²) in [4.78, 5) is 24.6. The van der Waals surface area contributed by atoms with Crippen LogP contribution < -0.4 is 5.32 Å². The number of anilines is 1. The van der Waals surface area contributed by atoms with E-state index in [0.29, 0.717) is 24.7 Å². The second-order valence-electron chi connectivity index (χ2n) is 4.80. The maximum atomic E-state index is 12.4. The van der Waals surface area contributed by atoms with E-state index in [1.54, 1.807) is 13.2 Å². The van der Waals surface area contributed by atoms with Crippen molar-refractivity contribution in [2.75, 3.05) is 58.8 Å². The summed E-state index contributed by atoms with van der Waals surface area (Å²) in [5, 5.41) is 3.10. The van der Waals surface area contributed by atoms with Crippen LogP contribution in [0.3, 0.4) is 0 Å². The normalized spacial score (nSPS) is 16.2. The van der Waals surface area contributed by atoms with E-state index in [2.05, 4.69) is 27.2 Å². The fourth-order valence-electron chi connectivity index (χ4n) is 2.02. The van der Waals surface area contributed by atoms with Crippen molar-refractivity contribution in [3.8, 4) is 0 Å². The van der Waals surface area contributed by atoms with Crippen LogP contribution in [0.25, 0.3) is 0 Å². The lowest BCUT2D eigenvalue weighted by Gasteiger charge is -2.32. The van der Waals surface area contributed by atoms with Crippen LogP contribution in [0.2, 0.25) is 0 Å². The van der Waals surface area contributed by atoms with Crippen molar-refractivity contribution in [2.45, 2.75) is 0 Å². The molecule has 7 nitrogen and oxygen atoms in total. The number of hydrogen-bond acceptors (Lipinski definition) is 6. The highest BCUT2D eigenvalue weighted by atomic mass is 16.5. The maximum absolute atomic E-state index is 12.4. The van der Waals surface area contributed by atoms with Gasteiger partial charge in [-0.2, -0.15) is 0 Å². The number of hydrogen-bond donors (Lipinski definition) is 1. The molecule has 1 saturated heterocycles. The highest BCUT2D eigenvalue weighted by Crippen LogP contribution is 2.09. The van der Waals surface area contributed by atoms with Gasteiger partial charge in [0, 0.05) is 45.9 Å². The molecule has 1 aliphatic heterocycles. The van der Waals surface area contributed by atoms with E-state index >= 15 is 0 Å². The Balaban J connectivity index is 1.97. The van der Waals surface area contributed by atoms with Crippen LogP contribution >= 0.6 is 0 Å². The molecule has 0 unspecified atom stereocenters. The average molecular weight is 279 g/mol. The molecule has 0 atom stereocenters. The summed E-state index contributed by atoms with van der Waals surface area (Å²) in [6.45, 7) is 4.52. The van der Waals surface area contributed by atoms with Gasteiger partial charge in [0.2, 0.25) is 0 Å². The van der Waals surface area contributed by atoms with Crippen molar-refractivity contribution in [3.05, 3.63) is 18.1 Å². The van der Waals surface area contributed by atoms with Gasteiger partial charge in [0.25, 0.3) is 5.91 Å². The Morgan fingerprint density at radius 3 is 2.80 bits per heavy atom. The minimum Gasteiger partial charge on any atom is -0.383 e. The molecule has 110 valence electrons. The van der Waals surface area contributed by atoms with Crippen LogP contribution in [0.4, 0.5) is 5.82 Å². The fourth-order valence-corrected chi connectivity index (χ4v) is 2.02. The molecule has 1 amide bonds. The first-order valence-electron chi connectivity index (χ1n) is 6.73. The SMILES string of the molecule is COCCNc1cc(C(=O)N2CCN(C)CC2)ncn1. The first kappa shape index (κ1) is 14.7. The second-order valence-corrected chi connectivity index (χ2v) is 4.80. The molecule has 20 heavy (non-hydrogen) atoms. The smallest absolute Gasteiger partial charge is 0.272 e. The van der Waals surface area contributed by atoms with E-state index in [4.69, 9.17) is 4.74 Å². The van der Waals surface area contributed by atoms with Crippen molar-refractivity contribution in [3.63, 3.8) is 0 Å². The molecule has 0 spiro atoms. The van der Waals surface area contributed by atoms with Crippen molar-refractivity contribution in [2.24, 2.45) is 0 Å². The van der Waals surface area contributed by atoms with E-state index in [0.717, 1.165) is 26.2 Å². The lowest BCUT2D eigenvalue weighted by molar-refractivity contribution is 0.0658. The Morgan fingerprint density at radius 2 is 2.10 bits per heavy atom. The van der Waals surface area contributed by atoms with Crippen LogP contribution in [-0.2, 0) is 4.74 Å². The molecular formula is C13H21N5O2. The van der Waals surface area contributed by atoms with Gasteiger partial charge >= 0.3 is 0 Å². The zero-order chi connectivity index (χ0) is 14.4. The number of rotatable bonds is 5. The molecule has 0 aromatic carbocycles. The molecule has 1 N–H and O–H groups in total.